The van der Waals surface area contributed by atoms with Gasteiger partial charge in [-0.25, -0.2) is 0 Å². The lowest BCUT2D eigenvalue weighted by Crippen LogP contribution is -2.39. The summed E-state index contributed by atoms with van der Waals surface area (Å²) in [5.74, 6) is -1.17. The number of amides is 1. The molecular formula is C14H17N3O3. The number of aromatic nitrogens is 2. The van der Waals surface area contributed by atoms with Gasteiger partial charge in [-0.2, -0.15) is 5.10 Å². The molecule has 0 fully saturated rings. The number of carboxylic acid groups (broad SMARTS) is 1. The van der Waals surface area contributed by atoms with Crippen molar-refractivity contribution in [1.29, 1.82) is 0 Å². The number of H-pyrrole nitrogens is 1. The number of para-hydroxylation sites is 1. The van der Waals surface area contributed by atoms with Crippen molar-refractivity contribution >= 4 is 22.8 Å². The van der Waals surface area contributed by atoms with Crippen LogP contribution in [0, 0.1) is 5.41 Å². The summed E-state index contributed by atoms with van der Waals surface area (Å²) in [5, 5.41) is 19.5. The molecule has 0 atom stereocenters. The highest BCUT2D eigenvalue weighted by atomic mass is 16.4. The van der Waals surface area contributed by atoms with E-state index in [2.05, 4.69) is 15.5 Å². The molecule has 2 rings (SSSR count). The van der Waals surface area contributed by atoms with Crippen molar-refractivity contribution in [3.8, 4) is 0 Å². The molecule has 3 N–H and O–H groups in total. The number of hydrogen-bond acceptors (Lipinski definition) is 3. The third kappa shape index (κ3) is 2.96. The number of nitrogens with one attached hydrogen (secondary N) is 2. The smallest absolute Gasteiger partial charge is 0.310 e. The van der Waals surface area contributed by atoms with Gasteiger partial charge in [-0.05, 0) is 19.9 Å². The summed E-state index contributed by atoms with van der Waals surface area (Å²) in [7, 11) is 0. The van der Waals surface area contributed by atoms with Crippen LogP contribution in [0.5, 0.6) is 0 Å². The van der Waals surface area contributed by atoms with Crippen LogP contribution in [0.4, 0.5) is 0 Å². The van der Waals surface area contributed by atoms with Gasteiger partial charge in [-0.1, -0.05) is 18.2 Å². The zero-order valence-electron chi connectivity index (χ0n) is 11.4. The minimum atomic E-state index is -0.980. The number of hydrogen-bond donors (Lipinski definition) is 3. The van der Waals surface area contributed by atoms with Gasteiger partial charge in [-0.15, -0.1) is 0 Å². The fourth-order valence-electron chi connectivity index (χ4n) is 1.77. The van der Waals surface area contributed by atoms with Crippen molar-refractivity contribution in [2.24, 2.45) is 5.41 Å². The van der Waals surface area contributed by atoms with E-state index in [0.29, 0.717) is 0 Å². The molecule has 0 saturated carbocycles. The molecule has 0 bridgehead atoms. The summed E-state index contributed by atoms with van der Waals surface area (Å²) >= 11 is 0. The number of rotatable bonds is 5. The number of carbonyl (C=O) groups is 2. The Kier molecular flexibility index (Phi) is 3.74. The number of fused-ring (bicyclic) bond motifs is 1. The van der Waals surface area contributed by atoms with Crippen molar-refractivity contribution < 1.29 is 14.7 Å². The van der Waals surface area contributed by atoms with Crippen molar-refractivity contribution in [1.82, 2.24) is 15.5 Å². The minimum Gasteiger partial charge on any atom is -0.481 e. The first-order valence-electron chi connectivity index (χ1n) is 6.32. The molecule has 0 spiro atoms. The van der Waals surface area contributed by atoms with Crippen LogP contribution in [0.2, 0.25) is 0 Å². The molecule has 0 radical (unpaired) electrons. The van der Waals surface area contributed by atoms with Crippen molar-refractivity contribution in [2.75, 3.05) is 6.54 Å². The van der Waals surface area contributed by atoms with E-state index < -0.39 is 11.4 Å². The second-order valence-electron chi connectivity index (χ2n) is 5.36. The Morgan fingerprint density at radius 3 is 2.75 bits per heavy atom. The normalized spacial score (nSPS) is 11.5. The van der Waals surface area contributed by atoms with Crippen LogP contribution in [-0.2, 0) is 16.0 Å². The monoisotopic (exact) mass is 275 g/mol. The largest absolute Gasteiger partial charge is 0.481 e. The molecule has 0 aliphatic rings. The molecule has 1 amide bonds. The van der Waals surface area contributed by atoms with Crippen molar-refractivity contribution in [3.63, 3.8) is 0 Å². The average molecular weight is 275 g/mol. The molecule has 6 heteroatoms. The Morgan fingerprint density at radius 2 is 2.05 bits per heavy atom. The quantitative estimate of drug-likeness (QED) is 0.767. The van der Waals surface area contributed by atoms with Gasteiger partial charge >= 0.3 is 5.97 Å². The molecule has 0 aliphatic carbocycles. The Hall–Kier alpha value is -2.37. The highest BCUT2D eigenvalue weighted by Crippen LogP contribution is 2.16. The summed E-state index contributed by atoms with van der Waals surface area (Å²) in [6.07, 6.45) is 0.149. The molecule has 20 heavy (non-hydrogen) atoms. The maximum absolute atomic E-state index is 11.9. The first kappa shape index (κ1) is 14.0. The van der Waals surface area contributed by atoms with Crippen molar-refractivity contribution in [3.05, 3.63) is 30.0 Å². The third-order valence-corrected chi connectivity index (χ3v) is 3.18. The van der Waals surface area contributed by atoms with Crippen LogP contribution < -0.4 is 5.32 Å². The highest BCUT2D eigenvalue weighted by Gasteiger charge is 2.27. The molecule has 1 heterocycles. The Bertz CT molecular complexity index is 646. The lowest BCUT2D eigenvalue weighted by molar-refractivity contribution is -0.146. The predicted molar refractivity (Wildman–Crippen MR) is 74.2 cm³/mol. The van der Waals surface area contributed by atoms with Gasteiger partial charge < -0.3 is 10.4 Å². The second kappa shape index (κ2) is 5.32. The van der Waals surface area contributed by atoms with E-state index in [-0.39, 0.29) is 18.9 Å². The Labute approximate surface area is 116 Å². The van der Waals surface area contributed by atoms with Crippen LogP contribution in [0.1, 0.15) is 19.5 Å². The highest BCUT2D eigenvalue weighted by molar-refractivity contribution is 5.87. The van der Waals surface area contributed by atoms with E-state index in [1.54, 1.807) is 13.8 Å². The first-order valence-corrected chi connectivity index (χ1v) is 6.32. The molecule has 0 aliphatic heterocycles. The lowest BCUT2D eigenvalue weighted by atomic mass is 9.94. The number of nitrogens with zero attached hydrogens (tertiary/aromatic N) is 1. The molecule has 2 aromatic rings. The first-order chi connectivity index (χ1) is 9.40. The fraction of sp³-hybridized carbons (Fsp3) is 0.357. The van der Waals surface area contributed by atoms with Gasteiger partial charge in [0.1, 0.15) is 0 Å². The number of aliphatic carboxylic acids is 1. The van der Waals surface area contributed by atoms with E-state index in [9.17, 15) is 9.59 Å². The van der Waals surface area contributed by atoms with Gasteiger partial charge in [0, 0.05) is 11.9 Å². The van der Waals surface area contributed by atoms with E-state index in [4.69, 9.17) is 5.11 Å². The number of carbonyl (C=O) groups excluding carboxylic acids is 1. The zero-order valence-corrected chi connectivity index (χ0v) is 11.4. The van der Waals surface area contributed by atoms with E-state index in [0.717, 1.165) is 16.6 Å². The summed E-state index contributed by atoms with van der Waals surface area (Å²) in [5.41, 5.74) is 0.554. The van der Waals surface area contributed by atoms with Crippen LogP contribution in [0.15, 0.2) is 24.3 Å². The van der Waals surface area contributed by atoms with Crippen LogP contribution >= 0.6 is 0 Å². The number of carboxylic acids is 1. The topological polar surface area (TPSA) is 95.1 Å². The zero-order chi connectivity index (χ0) is 14.8. The van der Waals surface area contributed by atoms with Crippen LogP contribution in [0.25, 0.3) is 10.9 Å². The maximum Gasteiger partial charge on any atom is 0.310 e. The minimum absolute atomic E-state index is 0.0905. The summed E-state index contributed by atoms with van der Waals surface area (Å²) in [4.78, 5) is 22.8. The van der Waals surface area contributed by atoms with Gasteiger partial charge in [0.25, 0.3) is 0 Å². The number of benzene rings is 1. The summed E-state index contributed by atoms with van der Waals surface area (Å²) in [6, 6.07) is 7.51. The van der Waals surface area contributed by atoms with E-state index in [1.807, 2.05) is 24.3 Å². The number of aromatic amines is 1. The molecular weight excluding hydrogens is 258 g/mol. The second-order valence-corrected chi connectivity index (χ2v) is 5.36. The predicted octanol–water partition coefficient (Wildman–Crippen LogP) is 1.33. The van der Waals surface area contributed by atoms with Crippen LogP contribution in [0.3, 0.4) is 0 Å². The average Bonchev–Trinajstić information content (AvgIpc) is 2.80. The third-order valence-electron chi connectivity index (χ3n) is 3.18. The van der Waals surface area contributed by atoms with Crippen LogP contribution in [-0.4, -0.2) is 33.7 Å². The SMILES string of the molecule is CC(C)(CNC(=O)Cc1[nH]nc2ccccc12)C(=O)O. The Morgan fingerprint density at radius 1 is 1.35 bits per heavy atom. The Balaban J connectivity index is 2.00. The molecule has 106 valence electrons. The van der Waals surface area contributed by atoms with E-state index >= 15 is 0 Å². The van der Waals surface area contributed by atoms with Gasteiger partial charge in [-0.3, -0.25) is 14.7 Å². The summed E-state index contributed by atoms with van der Waals surface area (Å²) in [6.45, 7) is 3.23. The van der Waals surface area contributed by atoms with Gasteiger partial charge in [0.15, 0.2) is 0 Å². The molecule has 0 saturated heterocycles. The molecule has 6 nitrogen and oxygen atoms in total. The maximum atomic E-state index is 11.9. The van der Waals surface area contributed by atoms with E-state index in [1.165, 1.54) is 0 Å². The van der Waals surface area contributed by atoms with Gasteiger partial charge in [0.2, 0.25) is 5.91 Å². The lowest BCUT2D eigenvalue weighted by Gasteiger charge is -2.19. The molecule has 1 aromatic carbocycles. The van der Waals surface area contributed by atoms with Gasteiger partial charge in [0.05, 0.1) is 23.0 Å². The standard InChI is InChI=1S/C14H17N3O3/c1-14(2,13(19)20)8-15-12(18)7-11-9-5-3-4-6-10(9)16-17-11/h3-6H,7-8H2,1-2H3,(H,15,18)(H,16,17)(H,19,20). The van der Waals surface area contributed by atoms with Crippen molar-refractivity contribution in [2.45, 2.75) is 20.3 Å². The molecule has 0 unspecified atom stereocenters. The molecule has 1 aromatic heterocycles. The summed E-state index contributed by atoms with van der Waals surface area (Å²) < 4.78 is 0. The fourth-order valence-corrected chi connectivity index (χ4v) is 1.77.